The lowest BCUT2D eigenvalue weighted by molar-refractivity contribution is -0.119. The highest BCUT2D eigenvalue weighted by Crippen LogP contribution is 2.34. The molecule has 1 unspecified atom stereocenters. The van der Waals surface area contributed by atoms with Gasteiger partial charge in [0.25, 0.3) is 0 Å². The molecule has 0 spiro atoms. The predicted octanol–water partition coefficient (Wildman–Crippen LogP) is 5.18. The number of amides is 2. The summed E-state index contributed by atoms with van der Waals surface area (Å²) in [6.07, 6.45) is 2.70. The van der Waals surface area contributed by atoms with E-state index in [1.807, 2.05) is 20.8 Å². The van der Waals surface area contributed by atoms with Crippen LogP contribution in [-0.2, 0) is 16.1 Å². The van der Waals surface area contributed by atoms with Crippen LogP contribution in [-0.4, -0.2) is 31.1 Å². The Balaban J connectivity index is 1.56. The topological polar surface area (TPSA) is 88.7 Å². The monoisotopic (exact) mass is 489 g/mol. The van der Waals surface area contributed by atoms with Crippen molar-refractivity contribution >= 4 is 23.2 Å². The maximum absolute atomic E-state index is 12.8. The summed E-state index contributed by atoms with van der Waals surface area (Å²) >= 11 is 0. The lowest BCUT2D eigenvalue weighted by Crippen LogP contribution is -2.39. The van der Waals surface area contributed by atoms with E-state index in [1.54, 1.807) is 36.4 Å². The highest BCUT2D eigenvalue weighted by molar-refractivity contribution is 5.95. The molecule has 1 aliphatic carbocycles. The molecule has 1 fully saturated rings. The van der Waals surface area contributed by atoms with Gasteiger partial charge in [-0.1, -0.05) is 26.8 Å². The molecule has 9 heteroatoms. The van der Waals surface area contributed by atoms with Gasteiger partial charge in [-0.05, 0) is 67.1 Å². The van der Waals surface area contributed by atoms with E-state index in [0.717, 1.165) is 18.4 Å². The van der Waals surface area contributed by atoms with Crippen molar-refractivity contribution < 1.29 is 27.8 Å². The van der Waals surface area contributed by atoms with E-state index < -0.39 is 12.7 Å². The smallest absolute Gasteiger partial charge is 0.387 e. The van der Waals surface area contributed by atoms with Crippen LogP contribution in [0.4, 0.5) is 20.2 Å². The third-order valence-electron chi connectivity index (χ3n) is 5.62. The number of nitrogens with one attached hydrogen (secondary N) is 3. The first-order valence-corrected chi connectivity index (χ1v) is 11.9. The Bertz CT molecular complexity index is 995. The van der Waals surface area contributed by atoms with Crippen molar-refractivity contribution in [3.8, 4) is 11.5 Å². The number of benzene rings is 2. The minimum Gasteiger partial charge on any atom is -0.489 e. The first kappa shape index (κ1) is 26.4. The number of rotatable bonds is 13. The molecule has 0 aliphatic heterocycles. The van der Waals surface area contributed by atoms with E-state index in [0.29, 0.717) is 36.9 Å². The second kappa shape index (κ2) is 12.5. The Morgan fingerprint density at radius 1 is 0.971 bits per heavy atom. The van der Waals surface area contributed by atoms with Crippen molar-refractivity contribution in [1.29, 1.82) is 0 Å². The van der Waals surface area contributed by atoms with Crippen molar-refractivity contribution in [3.05, 3.63) is 48.0 Å². The van der Waals surface area contributed by atoms with E-state index in [2.05, 4.69) is 20.7 Å². The molecule has 0 bridgehead atoms. The molecule has 0 radical (unpaired) electrons. The number of ether oxygens (including phenoxy) is 2. The fraction of sp³-hybridized carbons (Fsp3) is 0.462. The molecule has 1 aliphatic rings. The molecule has 2 amide bonds. The average Bonchev–Trinajstić information content (AvgIpc) is 3.64. The van der Waals surface area contributed by atoms with Crippen LogP contribution in [0.2, 0.25) is 0 Å². The van der Waals surface area contributed by atoms with E-state index in [-0.39, 0.29) is 29.2 Å². The highest BCUT2D eigenvalue weighted by Gasteiger charge is 2.23. The quantitative estimate of drug-likeness (QED) is 0.361. The SMILES string of the molecule is CCC(NCc1ccc(OC(F)F)c(OCC2CC2)c1)C(=O)Nc1ccc(NC(=O)C(C)C)cc1. The Morgan fingerprint density at radius 2 is 1.60 bits per heavy atom. The minimum atomic E-state index is -2.93. The minimum absolute atomic E-state index is 0.00205. The summed E-state index contributed by atoms with van der Waals surface area (Å²) in [5, 5.41) is 8.89. The molecule has 190 valence electrons. The first-order valence-electron chi connectivity index (χ1n) is 11.9. The third kappa shape index (κ3) is 8.51. The summed E-state index contributed by atoms with van der Waals surface area (Å²) in [5.41, 5.74) is 2.06. The van der Waals surface area contributed by atoms with Gasteiger partial charge >= 0.3 is 6.61 Å². The second-order valence-electron chi connectivity index (χ2n) is 8.97. The fourth-order valence-electron chi connectivity index (χ4n) is 3.28. The number of carbonyl (C=O) groups excluding carboxylic acids is 2. The Kier molecular flexibility index (Phi) is 9.42. The Labute approximate surface area is 204 Å². The number of hydrogen-bond acceptors (Lipinski definition) is 5. The van der Waals surface area contributed by atoms with Crippen LogP contribution in [0, 0.1) is 11.8 Å². The molecule has 35 heavy (non-hydrogen) atoms. The van der Waals surface area contributed by atoms with E-state index >= 15 is 0 Å². The normalized spacial score (nSPS) is 14.0. The molecule has 0 aromatic heterocycles. The Hall–Kier alpha value is -3.20. The van der Waals surface area contributed by atoms with Crippen LogP contribution >= 0.6 is 0 Å². The van der Waals surface area contributed by atoms with Gasteiger partial charge in [-0.2, -0.15) is 8.78 Å². The van der Waals surface area contributed by atoms with Gasteiger partial charge in [0.15, 0.2) is 11.5 Å². The molecular weight excluding hydrogens is 456 g/mol. The number of alkyl halides is 2. The van der Waals surface area contributed by atoms with Crippen LogP contribution in [0.3, 0.4) is 0 Å². The van der Waals surface area contributed by atoms with E-state index in [1.165, 1.54) is 6.07 Å². The van der Waals surface area contributed by atoms with Gasteiger partial charge < -0.3 is 25.4 Å². The summed E-state index contributed by atoms with van der Waals surface area (Å²) in [6, 6.07) is 11.3. The molecule has 3 rings (SSSR count). The van der Waals surface area contributed by atoms with Crippen LogP contribution in [0.15, 0.2) is 42.5 Å². The summed E-state index contributed by atoms with van der Waals surface area (Å²) in [4.78, 5) is 24.6. The summed E-state index contributed by atoms with van der Waals surface area (Å²) in [5.74, 6) is 0.339. The zero-order chi connectivity index (χ0) is 25.4. The first-order chi connectivity index (χ1) is 16.7. The van der Waals surface area contributed by atoms with E-state index in [9.17, 15) is 18.4 Å². The van der Waals surface area contributed by atoms with Gasteiger partial charge in [-0.3, -0.25) is 9.59 Å². The zero-order valence-electron chi connectivity index (χ0n) is 20.3. The fourth-order valence-corrected chi connectivity index (χ4v) is 3.28. The molecule has 3 N–H and O–H groups in total. The molecule has 2 aromatic carbocycles. The average molecular weight is 490 g/mol. The van der Waals surface area contributed by atoms with Crippen molar-refractivity contribution in [2.75, 3.05) is 17.2 Å². The van der Waals surface area contributed by atoms with Crippen LogP contribution < -0.4 is 25.4 Å². The third-order valence-corrected chi connectivity index (χ3v) is 5.62. The number of halogens is 2. The highest BCUT2D eigenvalue weighted by atomic mass is 19.3. The second-order valence-corrected chi connectivity index (χ2v) is 8.97. The van der Waals surface area contributed by atoms with Crippen LogP contribution in [0.1, 0.15) is 45.6 Å². The maximum Gasteiger partial charge on any atom is 0.387 e. The van der Waals surface area contributed by atoms with Gasteiger partial charge in [-0.15, -0.1) is 0 Å². The lowest BCUT2D eigenvalue weighted by Gasteiger charge is -2.18. The van der Waals surface area contributed by atoms with Gasteiger partial charge in [-0.25, -0.2) is 0 Å². The van der Waals surface area contributed by atoms with Gasteiger partial charge in [0.2, 0.25) is 11.8 Å². The number of carbonyl (C=O) groups is 2. The predicted molar refractivity (Wildman–Crippen MR) is 131 cm³/mol. The van der Waals surface area contributed by atoms with E-state index in [4.69, 9.17) is 4.74 Å². The zero-order valence-corrected chi connectivity index (χ0v) is 20.3. The lowest BCUT2D eigenvalue weighted by atomic mass is 10.1. The van der Waals surface area contributed by atoms with Crippen LogP contribution in [0.5, 0.6) is 11.5 Å². The molecule has 2 aromatic rings. The molecule has 1 saturated carbocycles. The van der Waals surface area contributed by atoms with Crippen molar-refractivity contribution in [1.82, 2.24) is 5.32 Å². The van der Waals surface area contributed by atoms with Gasteiger partial charge in [0.05, 0.1) is 12.6 Å². The molecule has 7 nitrogen and oxygen atoms in total. The van der Waals surface area contributed by atoms with Crippen molar-refractivity contribution in [2.24, 2.45) is 11.8 Å². The van der Waals surface area contributed by atoms with Gasteiger partial charge in [0.1, 0.15) is 0 Å². The van der Waals surface area contributed by atoms with Gasteiger partial charge in [0, 0.05) is 23.8 Å². The number of anilines is 2. The largest absolute Gasteiger partial charge is 0.489 e. The summed E-state index contributed by atoms with van der Waals surface area (Å²) < 4.78 is 35.8. The molecule has 0 saturated heterocycles. The summed E-state index contributed by atoms with van der Waals surface area (Å²) in [6.45, 7) is 3.41. The summed E-state index contributed by atoms with van der Waals surface area (Å²) in [7, 11) is 0. The van der Waals surface area contributed by atoms with Crippen LogP contribution in [0.25, 0.3) is 0 Å². The standard InChI is InChI=1S/C26H33F2N3O4/c1-4-21(25(33)31-20-10-8-19(9-11-20)30-24(32)16(2)3)29-14-18-7-12-22(35-26(27)28)23(13-18)34-15-17-5-6-17/h7-13,16-17,21,26,29H,4-6,14-15H2,1-3H3,(H,30,32)(H,31,33). The Morgan fingerprint density at radius 3 is 2.14 bits per heavy atom. The molecule has 1 atom stereocenters. The molecular formula is C26H33F2N3O4. The maximum atomic E-state index is 12.8. The molecule has 0 heterocycles. The van der Waals surface area contributed by atoms with Crippen molar-refractivity contribution in [3.63, 3.8) is 0 Å². The number of hydrogen-bond donors (Lipinski definition) is 3. The van der Waals surface area contributed by atoms with Crippen molar-refractivity contribution in [2.45, 2.75) is 59.2 Å².